The molecule has 0 saturated heterocycles. The summed E-state index contributed by atoms with van der Waals surface area (Å²) in [6.07, 6.45) is 0. The molecule has 1 rings (SSSR count). The van der Waals surface area contributed by atoms with Crippen LogP contribution in [-0.2, 0) is 11.3 Å². The Morgan fingerprint density at radius 2 is 1.94 bits per heavy atom. The van der Waals surface area contributed by atoms with E-state index in [9.17, 15) is 4.79 Å². The fourth-order valence-electron chi connectivity index (χ4n) is 1.61. The minimum absolute atomic E-state index is 0.102. The summed E-state index contributed by atoms with van der Waals surface area (Å²) in [5, 5.41) is 9.09. The van der Waals surface area contributed by atoms with Gasteiger partial charge in [-0.05, 0) is 40.2 Å². The molecule has 0 aliphatic heterocycles. The van der Waals surface area contributed by atoms with Crippen LogP contribution >= 0.6 is 0 Å². The molecule has 0 bridgehead atoms. The zero-order valence-electron chi connectivity index (χ0n) is 10.5. The molecular formula is C12H19NO3. The van der Waals surface area contributed by atoms with E-state index in [1.165, 1.54) is 0 Å². The Morgan fingerprint density at radius 3 is 2.31 bits per heavy atom. The zero-order valence-corrected chi connectivity index (χ0v) is 10.5. The number of aromatic amines is 1. The normalized spacial score (nSPS) is 11.6. The second-order valence-electron chi connectivity index (χ2n) is 4.89. The quantitative estimate of drug-likeness (QED) is 0.757. The molecular weight excluding hydrogens is 206 g/mol. The molecule has 16 heavy (non-hydrogen) atoms. The van der Waals surface area contributed by atoms with Crippen LogP contribution in [0.2, 0.25) is 0 Å². The van der Waals surface area contributed by atoms with E-state index in [4.69, 9.17) is 9.84 Å². The summed E-state index contributed by atoms with van der Waals surface area (Å²) >= 11 is 0. The first-order valence-corrected chi connectivity index (χ1v) is 5.28. The van der Waals surface area contributed by atoms with E-state index in [0.29, 0.717) is 11.3 Å². The lowest BCUT2D eigenvalue weighted by molar-refractivity contribution is 0.00682. The van der Waals surface area contributed by atoms with Gasteiger partial charge in [0.1, 0.15) is 5.60 Å². The number of aromatic nitrogens is 1. The van der Waals surface area contributed by atoms with E-state index < -0.39 is 5.60 Å². The molecule has 2 N–H and O–H groups in total. The Balaban J connectivity index is 3.04. The highest BCUT2D eigenvalue weighted by Crippen LogP contribution is 2.21. The van der Waals surface area contributed by atoms with Gasteiger partial charge in [0.2, 0.25) is 0 Å². The Morgan fingerprint density at radius 1 is 1.38 bits per heavy atom. The van der Waals surface area contributed by atoms with Crippen molar-refractivity contribution in [3.63, 3.8) is 0 Å². The lowest BCUT2D eigenvalue weighted by Crippen LogP contribution is -2.24. The van der Waals surface area contributed by atoms with Crippen molar-refractivity contribution in [2.75, 3.05) is 0 Å². The molecule has 0 radical (unpaired) electrons. The predicted molar refractivity (Wildman–Crippen MR) is 61.4 cm³/mol. The lowest BCUT2D eigenvalue weighted by atomic mass is 10.1. The molecule has 1 aromatic heterocycles. The molecule has 0 spiro atoms. The number of hydrogen-bond donors (Lipinski definition) is 2. The monoisotopic (exact) mass is 225 g/mol. The summed E-state index contributed by atoms with van der Waals surface area (Å²) in [5.41, 5.74) is 2.18. The maximum Gasteiger partial charge on any atom is 0.340 e. The van der Waals surface area contributed by atoms with Gasteiger partial charge in [-0.1, -0.05) is 0 Å². The van der Waals surface area contributed by atoms with Crippen LogP contribution in [-0.4, -0.2) is 21.7 Å². The Bertz CT molecular complexity index is 399. The zero-order chi connectivity index (χ0) is 12.5. The van der Waals surface area contributed by atoms with Crippen LogP contribution in [0.15, 0.2) is 0 Å². The average molecular weight is 225 g/mol. The molecule has 0 amide bonds. The number of H-pyrrole nitrogens is 1. The van der Waals surface area contributed by atoms with Crippen LogP contribution in [0, 0.1) is 13.8 Å². The van der Waals surface area contributed by atoms with Crippen LogP contribution in [0.4, 0.5) is 0 Å². The van der Waals surface area contributed by atoms with Gasteiger partial charge in [-0.2, -0.15) is 0 Å². The Hall–Kier alpha value is -1.29. The van der Waals surface area contributed by atoms with Gasteiger partial charge in [0.05, 0.1) is 12.2 Å². The molecule has 4 nitrogen and oxygen atoms in total. The first-order chi connectivity index (χ1) is 7.26. The van der Waals surface area contributed by atoms with Gasteiger partial charge in [-0.3, -0.25) is 0 Å². The summed E-state index contributed by atoms with van der Waals surface area (Å²) in [4.78, 5) is 14.9. The molecule has 0 unspecified atom stereocenters. The number of hydrogen-bond acceptors (Lipinski definition) is 3. The van der Waals surface area contributed by atoms with Gasteiger partial charge >= 0.3 is 5.97 Å². The summed E-state index contributed by atoms with van der Waals surface area (Å²) in [6, 6.07) is 0. The van der Waals surface area contributed by atoms with Gasteiger partial charge in [0.25, 0.3) is 0 Å². The number of nitrogens with one attached hydrogen (secondary N) is 1. The number of aliphatic hydroxyl groups excluding tert-OH is 1. The number of aliphatic hydroxyl groups is 1. The fraction of sp³-hybridized carbons (Fsp3) is 0.583. The summed E-state index contributed by atoms with van der Waals surface area (Å²) in [5.74, 6) is -0.349. The van der Waals surface area contributed by atoms with Gasteiger partial charge in [-0.15, -0.1) is 0 Å². The largest absolute Gasteiger partial charge is 0.456 e. The maximum absolute atomic E-state index is 11.9. The van der Waals surface area contributed by atoms with Crippen molar-refractivity contribution in [3.05, 3.63) is 22.5 Å². The van der Waals surface area contributed by atoms with Crippen molar-refractivity contribution in [3.8, 4) is 0 Å². The van der Waals surface area contributed by atoms with E-state index in [2.05, 4.69) is 4.98 Å². The second-order valence-corrected chi connectivity index (χ2v) is 4.89. The third kappa shape index (κ3) is 2.64. The molecule has 0 aliphatic carbocycles. The predicted octanol–water partition coefficient (Wildman–Crippen LogP) is 2.08. The minimum atomic E-state index is -0.507. The highest BCUT2D eigenvalue weighted by molar-refractivity contribution is 5.93. The van der Waals surface area contributed by atoms with E-state index in [0.717, 1.165) is 11.3 Å². The summed E-state index contributed by atoms with van der Waals surface area (Å²) in [7, 11) is 0. The van der Waals surface area contributed by atoms with E-state index in [-0.39, 0.29) is 12.6 Å². The average Bonchev–Trinajstić information content (AvgIpc) is 2.38. The van der Waals surface area contributed by atoms with E-state index in [1.807, 2.05) is 20.8 Å². The van der Waals surface area contributed by atoms with Crippen molar-refractivity contribution in [2.24, 2.45) is 0 Å². The summed E-state index contributed by atoms with van der Waals surface area (Å²) < 4.78 is 5.30. The lowest BCUT2D eigenvalue weighted by Gasteiger charge is -2.19. The molecule has 0 fully saturated rings. The fourth-order valence-corrected chi connectivity index (χ4v) is 1.61. The van der Waals surface area contributed by atoms with Crippen LogP contribution in [0.3, 0.4) is 0 Å². The molecule has 1 aromatic rings. The van der Waals surface area contributed by atoms with Crippen LogP contribution in [0.25, 0.3) is 0 Å². The van der Waals surface area contributed by atoms with Crippen molar-refractivity contribution >= 4 is 5.97 Å². The van der Waals surface area contributed by atoms with Crippen LogP contribution < -0.4 is 0 Å². The van der Waals surface area contributed by atoms with Crippen molar-refractivity contribution in [1.29, 1.82) is 0 Å². The number of ether oxygens (including phenoxy) is 1. The molecule has 0 saturated carbocycles. The van der Waals surface area contributed by atoms with Crippen molar-refractivity contribution in [2.45, 2.75) is 46.8 Å². The second kappa shape index (κ2) is 4.29. The van der Waals surface area contributed by atoms with Gasteiger partial charge in [-0.25, -0.2) is 4.79 Å². The minimum Gasteiger partial charge on any atom is -0.456 e. The first kappa shape index (κ1) is 12.8. The molecule has 0 aromatic carbocycles. The van der Waals surface area contributed by atoms with Gasteiger partial charge in [0.15, 0.2) is 0 Å². The first-order valence-electron chi connectivity index (χ1n) is 5.28. The third-order valence-electron chi connectivity index (χ3n) is 2.30. The molecule has 90 valence electrons. The van der Waals surface area contributed by atoms with Gasteiger partial charge in [0, 0.05) is 11.4 Å². The molecule has 0 aliphatic rings. The maximum atomic E-state index is 11.9. The highest BCUT2D eigenvalue weighted by atomic mass is 16.6. The molecule has 1 heterocycles. The number of esters is 1. The molecule has 0 atom stereocenters. The van der Waals surface area contributed by atoms with Gasteiger partial charge < -0.3 is 14.8 Å². The third-order valence-corrected chi connectivity index (χ3v) is 2.30. The van der Waals surface area contributed by atoms with Crippen molar-refractivity contribution in [1.82, 2.24) is 4.98 Å². The highest BCUT2D eigenvalue weighted by Gasteiger charge is 2.23. The van der Waals surface area contributed by atoms with Crippen molar-refractivity contribution < 1.29 is 14.6 Å². The smallest absolute Gasteiger partial charge is 0.340 e. The standard InChI is InChI=1S/C12H19NO3/c1-7-9(6-14)13-8(2)10(7)11(15)16-12(3,4)5/h13-14H,6H2,1-5H3. The van der Waals surface area contributed by atoms with Crippen LogP contribution in [0.5, 0.6) is 0 Å². The number of rotatable bonds is 2. The van der Waals surface area contributed by atoms with E-state index >= 15 is 0 Å². The number of carbonyl (C=O) groups is 1. The SMILES string of the molecule is Cc1[nH]c(CO)c(C)c1C(=O)OC(C)(C)C. The summed E-state index contributed by atoms with van der Waals surface area (Å²) in [6.45, 7) is 8.98. The van der Waals surface area contributed by atoms with Crippen LogP contribution in [0.1, 0.15) is 48.1 Å². The number of carbonyl (C=O) groups excluding carboxylic acids is 1. The topological polar surface area (TPSA) is 62.3 Å². The number of aryl methyl sites for hydroxylation is 1. The van der Waals surface area contributed by atoms with E-state index in [1.54, 1.807) is 13.8 Å². The molecule has 4 heteroatoms. The Kier molecular flexibility index (Phi) is 3.43. The Labute approximate surface area is 95.6 Å².